The highest BCUT2D eigenvalue weighted by Crippen LogP contribution is 2.32. The van der Waals surface area contributed by atoms with Crippen molar-refractivity contribution >= 4 is 40.2 Å². The average molecular weight is 530 g/mol. The number of benzene rings is 3. The van der Waals surface area contributed by atoms with E-state index >= 15 is 0 Å². The summed E-state index contributed by atoms with van der Waals surface area (Å²) in [6, 6.07) is 14.2. The van der Waals surface area contributed by atoms with Gasteiger partial charge in [-0.15, -0.1) is 0 Å². The maximum absolute atomic E-state index is 12.9. The number of aromatic nitrogens is 1. The summed E-state index contributed by atoms with van der Waals surface area (Å²) in [6.45, 7) is 5.66. The summed E-state index contributed by atoms with van der Waals surface area (Å²) in [5.41, 5.74) is 1.26. The Labute approximate surface area is 215 Å². The van der Waals surface area contributed by atoms with Crippen LogP contribution in [0.1, 0.15) is 42.3 Å². The lowest BCUT2D eigenvalue weighted by molar-refractivity contribution is -0.137. The zero-order valence-electron chi connectivity index (χ0n) is 20.2. The Balaban J connectivity index is 1.50. The van der Waals surface area contributed by atoms with E-state index in [0.717, 1.165) is 12.1 Å². The van der Waals surface area contributed by atoms with Gasteiger partial charge in [-0.05, 0) is 60.2 Å². The van der Waals surface area contributed by atoms with Gasteiger partial charge in [0.1, 0.15) is 5.52 Å². The maximum Gasteiger partial charge on any atom is 0.416 e. The Morgan fingerprint density at radius 1 is 0.973 bits per heavy atom. The molecule has 0 spiro atoms. The van der Waals surface area contributed by atoms with Crippen molar-refractivity contribution in [3.63, 3.8) is 0 Å². The quantitative estimate of drug-likeness (QED) is 0.289. The maximum atomic E-state index is 12.9. The van der Waals surface area contributed by atoms with Crippen molar-refractivity contribution < 1.29 is 27.2 Å². The van der Waals surface area contributed by atoms with Crippen molar-refractivity contribution in [2.75, 3.05) is 5.32 Å². The summed E-state index contributed by atoms with van der Waals surface area (Å²) in [5, 5.41) is 5.84. The third kappa shape index (κ3) is 6.11. The Morgan fingerprint density at radius 3 is 2.32 bits per heavy atom. The summed E-state index contributed by atoms with van der Waals surface area (Å²) in [6.07, 6.45) is -4.43. The van der Waals surface area contributed by atoms with E-state index in [-0.39, 0.29) is 28.9 Å². The highest BCUT2D eigenvalue weighted by Gasteiger charge is 2.30. The molecule has 0 bridgehead atoms. The molecule has 3 aromatic carbocycles. The lowest BCUT2D eigenvalue weighted by Crippen LogP contribution is -2.34. The number of carbonyl (C=O) groups is 2. The molecule has 2 N–H and O–H groups in total. The van der Waals surface area contributed by atoms with Gasteiger partial charge in [-0.1, -0.05) is 38.4 Å². The molecule has 10 heteroatoms. The Morgan fingerprint density at radius 2 is 1.68 bits per heavy atom. The summed E-state index contributed by atoms with van der Waals surface area (Å²) in [5.74, 6) is -0.426. The molecule has 0 unspecified atom stereocenters. The number of alkyl halides is 3. The van der Waals surface area contributed by atoms with Crippen LogP contribution in [0, 0.1) is 5.41 Å². The molecule has 1 aromatic heterocycles. The second-order valence-electron chi connectivity index (χ2n) is 9.48. The molecule has 0 atom stereocenters. The van der Waals surface area contributed by atoms with Crippen LogP contribution in [0.3, 0.4) is 0 Å². The summed E-state index contributed by atoms with van der Waals surface area (Å²) >= 11 is 6.25. The molecular formula is C27H23ClF3N3O3. The number of hydrogen-bond acceptors (Lipinski definition) is 4. The first-order valence-corrected chi connectivity index (χ1v) is 11.7. The lowest BCUT2D eigenvalue weighted by atomic mass is 9.95. The fourth-order valence-electron chi connectivity index (χ4n) is 3.43. The first-order valence-electron chi connectivity index (χ1n) is 11.3. The van der Waals surface area contributed by atoms with Crippen molar-refractivity contribution in [1.29, 1.82) is 0 Å². The highest BCUT2D eigenvalue weighted by atomic mass is 35.5. The highest BCUT2D eigenvalue weighted by molar-refractivity contribution is 6.34. The topological polar surface area (TPSA) is 84.2 Å². The van der Waals surface area contributed by atoms with Gasteiger partial charge in [0, 0.05) is 23.2 Å². The van der Waals surface area contributed by atoms with Gasteiger partial charge in [-0.25, -0.2) is 4.98 Å². The third-order valence-electron chi connectivity index (χ3n) is 5.51. The van der Waals surface area contributed by atoms with Gasteiger partial charge < -0.3 is 15.1 Å². The lowest BCUT2D eigenvalue weighted by Gasteiger charge is -2.18. The number of hydrogen-bond donors (Lipinski definition) is 2. The number of rotatable bonds is 5. The Hall–Kier alpha value is -3.85. The van der Waals surface area contributed by atoms with Gasteiger partial charge in [-0.2, -0.15) is 13.2 Å². The van der Waals surface area contributed by atoms with E-state index in [1.165, 1.54) is 12.1 Å². The van der Waals surface area contributed by atoms with Crippen LogP contribution in [0.2, 0.25) is 5.02 Å². The van der Waals surface area contributed by atoms with E-state index in [1.807, 2.05) is 0 Å². The van der Waals surface area contributed by atoms with Crippen molar-refractivity contribution in [3.8, 4) is 11.5 Å². The van der Waals surface area contributed by atoms with Crippen LogP contribution in [0.4, 0.5) is 18.9 Å². The van der Waals surface area contributed by atoms with Gasteiger partial charge in [0.05, 0.1) is 16.1 Å². The number of nitrogens with zero attached hydrogens (tertiary/aromatic N) is 1. The predicted octanol–water partition coefficient (Wildman–Crippen LogP) is 7.08. The van der Waals surface area contributed by atoms with E-state index < -0.39 is 23.1 Å². The molecule has 0 fully saturated rings. The van der Waals surface area contributed by atoms with Crippen LogP contribution < -0.4 is 10.6 Å². The van der Waals surface area contributed by atoms with E-state index in [1.54, 1.807) is 57.2 Å². The monoisotopic (exact) mass is 529 g/mol. The normalized spacial score (nSPS) is 12.0. The van der Waals surface area contributed by atoms with Gasteiger partial charge in [0.25, 0.3) is 5.91 Å². The molecule has 0 radical (unpaired) electrons. The zero-order chi connectivity index (χ0) is 27.0. The molecule has 37 heavy (non-hydrogen) atoms. The molecule has 4 rings (SSSR count). The molecule has 6 nitrogen and oxygen atoms in total. The molecule has 192 valence electrons. The Bertz CT molecular complexity index is 1470. The number of fused-ring (bicyclic) bond motifs is 1. The molecule has 1 heterocycles. The summed E-state index contributed by atoms with van der Waals surface area (Å²) in [4.78, 5) is 29.4. The average Bonchev–Trinajstić information content (AvgIpc) is 3.25. The van der Waals surface area contributed by atoms with Crippen molar-refractivity contribution in [2.24, 2.45) is 5.41 Å². The molecule has 4 aromatic rings. The fraction of sp³-hybridized carbons (Fsp3) is 0.222. The van der Waals surface area contributed by atoms with Gasteiger partial charge in [-0.3, -0.25) is 9.59 Å². The number of amides is 2. The SMILES string of the molecule is CC(C)(C)C(=O)NCc1ccc(Cl)c(C(=O)Nc2ccc3oc(-c4ccc(C(F)(F)F)cc4)nc3c2)c1. The second kappa shape index (κ2) is 9.89. The van der Waals surface area contributed by atoms with E-state index in [2.05, 4.69) is 15.6 Å². The number of halogens is 4. The second-order valence-corrected chi connectivity index (χ2v) is 9.88. The molecule has 0 aliphatic heterocycles. The Kier molecular flexibility index (Phi) is 7.01. The summed E-state index contributed by atoms with van der Waals surface area (Å²) < 4.78 is 44.1. The summed E-state index contributed by atoms with van der Waals surface area (Å²) in [7, 11) is 0. The minimum Gasteiger partial charge on any atom is -0.436 e. The number of oxazole rings is 1. The first kappa shape index (κ1) is 26.2. The van der Waals surface area contributed by atoms with Crippen LogP contribution in [0.5, 0.6) is 0 Å². The van der Waals surface area contributed by atoms with Crippen LogP contribution in [0.15, 0.2) is 65.1 Å². The number of anilines is 1. The van der Waals surface area contributed by atoms with E-state index in [9.17, 15) is 22.8 Å². The van der Waals surface area contributed by atoms with E-state index in [4.69, 9.17) is 16.0 Å². The van der Waals surface area contributed by atoms with Crippen LogP contribution in [-0.2, 0) is 17.5 Å². The van der Waals surface area contributed by atoms with Crippen molar-refractivity contribution in [2.45, 2.75) is 33.5 Å². The smallest absolute Gasteiger partial charge is 0.416 e. The van der Waals surface area contributed by atoms with Crippen LogP contribution in [-0.4, -0.2) is 16.8 Å². The van der Waals surface area contributed by atoms with Gasteiger partial charge in [0.15, 0.2) is 5.58 Å². The molecular weight excluding hydrogens is 507 g/mol. The predicted molar refractivity (Wildman–Crippen MR) is 135 cm³/mol. The number of nitrogens with one attached hydrogen (secondary N) is 2. The van der Waals surface area contributed by atoms with Gasteiger partial charge in [0.2, 0.25) is 11.8 Å². The molecule has 0 saturated carbocycles. The minimum absolute atomic E-state index is 0.120. The third-order valence-corrected chi connectivity index (χ3v) is 5.84. The van der Waals surface area contributed by atoms with Crippen molar-refractivity contribution in [3.05, 3.63) is 82.4 Å². The standard InChI is InChI=1S/C27H23ClF3N3O3/c1-26(2,3)25(36)32-14-15-4-10-20(28)19(12-15)23(35)33-18-9-11-22-21(13-18)34-24(37-22)16-5-7-17(8-6-16)27(29,30)31/h4-13H,14H2,1-3H3,(H,32,36)(H,33,35). The van der Waals surface area contributed by atoms with E-state index in [0.29, 0.717) is 27.9 Å². The van der Waals surface area contributed by atoms with Crippen molar-refractivity contribution in [1.82, 2.24) is 10.3 Å². The first-order chi connectivity index (χ1) is 17.3. The molecule has 0 aliphatic carbocycles. The fourth-order valence-corrected chi connectivity index (χ4v) is 3.64. The largest absolute Gasteiger partial charge is 0.436 e. The zero-order valence-corrected chi connectivity index (χ0v) is 20.9. The molecule has 2 amide bonds. The number of carbonyl (C=O) groups excluding carboxylic acids is 2. The van der Waals surface area contributed by atoms with Crippen LogP contribution in [0.25, 0.3) is 22.6 Å². The molecule has 0 saturated heterocycles. The van der Waals surface area contributed by atoms with Gasteiger partial charge >= 0.3 is 6.18 Å². The minimum atomic E-state index is -4.43. The molecule has 0 aliphatic rings. The van der Waals surface area contributed by atoms with Crippen LogP contribution >= 0.6 is 11.6 Å².